The van der Waals surface area contributed by atoms with Crippen LogP contribution in [0.3, 0.4) is 0 Å². The van der Waals surface area contributed by atoms with E-state index in [-0.39, 0.29) is 36.7 Å². The Labute approximate surface area is 157 Å². The first kappa shape index (κ1) is 26.2. The largest absolute Gasteiger partial charge is 0.480 e. The van der Waals surface area contributed by atoms with E-state index in [9.17, 15) is 9.90 Å². The molecular formula is C15H33BCl2N2O4. The van der Waals surface area contributed by atoms with Crippen LogP contribution < -0.4 is 11.1 Å². The van der Waals surface area contributed by atoms with Crippen LogP contribution in [0.15, 0.2) is 0 Å². The van der Waals surface area contributed by atoms with Crippen molar-refractivity contribution in [3.63, 3.8) is 0 Å². The third-order valence-corrected chi connectivity index (χ3v) is 4.69. The number of nitrogens with two attached hydrogens (primary N) is 1. The van der Waals surface area contributed by atoms with Gasteiger partial charge in [0, 0.05) is 5.54 Å². The van der Waals surface area contributed by atoms with Crippen molar-refractivity contribution < 1.29 is 19.9 Å². The molecule has 0 aromatic heterocycles. The van der Waals surface area contributed by atoms with Gasteiger partial charge >= 0.3 is 13.1 Å². The topological polar surface area (TPSA) is 116 Å². The molecule has 1 unspecified atom stereocenters. The molecular weight excluding hydrogens is 354 g/mol. The van der Waals surface area contributed by atoms with Crippen LogP contribution in [0.2, 0.25) is 6.32 Å². The first-order chi connectivity index (χ1) is 10.3. The Balaban J connectivity index is 0. The summed E-state index contributed by atoms with van der Waals surface area (Å²) < 4.78 is 0. The van der Waals surface area contributed by atoms with Gasteiger partial charge in [-0.15, -0.1) is 24.8 Å². The zero-order chi connectivity index (χ0) is 16.6. The molecule has 0 amide bonds. The number of hydrogen-bond acceptors (Lipinski definition) is 5. The highest BCUT2D eigenvalue weighted by atomic mass is 35.5. The Morgan fingerprint density at radius 3 is 2.29 bits per heavy atom. The van der Waals surface area contributed by atoms with E-state index in [1.807, 2.05) is 0 Å². The summed E-state index contributed by atoms with van der Waals surface area (Å²) in [5.74, 6) is -0.975. The number of halogens is 2. The van der Waals surface area contributed by atoms with Crippen molar-refractivity contribution in [1.82, 2.24) is 5.32 Å². The SMILES string of the molecule is CCCCC1(NCCC(N)(CCCCB(O)O)C(=O)O)CC1.Cl.Cl. The zero-order valence-corrected chi connectivity index (χ0v) is 16.1. The summed E-state index contributed by atoms with van der Waals surface area (Å²) in [5.41, 5.74) is 5.05. The Morgan fingerprint density at radius 2 is 1.83 bits per heavy atom. The van der Waals surface area contributed by atoms with Gasteiger partial charge in [-0.25, -0.2) is 0 Å². The molecule has 1 rings (SSSR count). The number of rotatable bonds is 13. The maximum Gasteiger partial charge on any atom is 0.451 e. The van der Waals surface area contributed by atoms with Crippen LogP contribution in [-0.2, 0) is 4.79 Å². The average Bonchev–Trinajstić information content (AvgIpc) is 3.21. The minimum absolute atomic E-state index is 0. The third kappa shape index (κ3) is 9.44. The highest BCUT2D eigenvalue weighted by molar-refractivity contribution is 6.40. The highest BCUT2D eigenvalue weighted by Crippen LogP contribution is 2.40. The van der Waals surface area contributed by atoms with Gasteiger partial charge in [0.05, 0.1) is 0 Å². The first-order valence-corrected chi connectivity index (χ1v) is 8.47. The van der Waals surface area contributed by atoms with E-state index < -0.39 is 18.6 Å². The predicted molar refractivity (Wildman–Crippen MR) is 102 cm³/mol. The molecule has 0 saturated heterocycles. The summed E-state index contributed by atoms with van der Waals surface area (Å²) in [5, 5.41) is 30.5. The van der Waals surface area contributed by atoms with E-state index in [1.54, 1.807) is 0 Å². The zero-order valence-electron chi connectivity index (χ0n) is 14.5. The van der Waals surface area contributed by atoms with Crippen molar-refractivity contribution in [2.75, 3.05) is 6.54 Å². The van der Waals surface area contributed by atoms with Gasteiger partial charge in [-0.3, -0.25) is 4.79 Å². The fourth-order valence-electron chi connectivity index (χ4n) is 2.84. The fraction of sp³-hybridized carbons (Fsp3) is 0.933. The summed E-state index contributed by atoms with van der Waals surface area (Å²) in [4.78, 5) is 11.4. The van der Waals surface area contributed by atoms with Crippen LogP contribution in [0.4, 0.5) is 0 Å². The Bertz CT molecular complexity index is 360. The second-order valence-electron chi connectivity index (χ2n) is 6.75. The van der Waals surface area contributed by atoms with Crippen molar-refractivity contribution in [2.45, 2.75) is 82.1 Å². The maximum atomic E-state index is 11.4. The van der Waals surface area contributed by atoms with Gasteiger partial charge in [0.25, 0.3) is 0 Å². The van der Waals surface area contributed by atoms with Gasteiger partial charge in [0.1, 0.15) is 5.54 Å². The van der Waals surface area contributed by atoms with Crippen molar-refractivity contribution in [3.05, 3.63) is 0 Å². The minimum atomic E-state index is -1.33. The lowest BCUT2D eigenvalue weighted by Gasteiger charge is -2.26. The molecule has 24 heavy (non-hydrogen) atoms. The molecule has 0 spiro atoms. The highest BCUT2D eigenvalue weighted by Gasteiger charge is 2.42. The lowest BCUT2D eigenvalue weighted by atomic mass is 9.81. The van der Waals surface area contributed by atoms with Gasteiger partial charge in [-0.1, -0.05) is 32.6 Å². The van der Waals surface area contributed by atoms with Gasteiger partial charge in [-0.05, 0) is 45.0 Å². The number of carbonyl (C=O) groups is 1. The van der Waals surface area contributed by atoms with E-state index in [0.29, 0.717) is 32.2 Å². The van der Waals surface area contributed by atoms with Crippen LogP contribution in [-0.4, -0.2) is 45.9 Å². The van der Waals surface area contributed by atoms with Crippen molar-refractivity contribution in [3.8, 4) is 0 Å². The van der Waals surface area contributed by atoms with E-state index in [0.717, 1.165) is 6.42 Å². The van der Waals surface area contributed by atoms with E-state index >= 15 is 0 Å². The number of unbranched alkanes of at least 4 members (excludes halogenated alkanes) is 2. The number of carboxylic acid groups (broad SMARTS) is 1. The summed E-state index contributed by atoms with van der Waals surface area (Å²) in [7, 11) is -1.33. The van der Waals surface area contributed by atoms with Crippen LogP contribution in [0.1, 0.15) is 64.7 Å². The minimum Gasteiger partial charge on any atom is -0.480 e. The molecule has 9 heteroatoms. The lowest BCUT2D eigenvalue weighted by Crippen LogP contribution is -2.50. The second kappa shape index (κ2) is 12.3. The van der Waals surface area contributed by atoms with Crippen molar-refractivity contribution >= 4 is 37.9 Å². The molecule has 1 atom stereocenters. The molecule has 6 nitrogen and oxygen atoms in total. The second-order valence-corrected chi connectivity index (χ2v) is 6.75. The van der Waals surface area contributed by atoms with Gasteiger partial charge in [0.15, 0.2) is 0 Å². The quantitative estimate of drug-likeness (QED) is 0.244. The third-order valence-electron chi connectivity index (χ3n) is 4.69. The average molecular weight is 387 g/mol. The standard InChI is InChI=1S/C15H31BN2O4.2ClH/c1-2-3-6-14(8-9-14)18-12-10-15(17,13(19)20)7-4-5-11-16(21)22;;/h18,21-22H,2-12,17H2,1H3,(H,19,20);2*1H. The molecule has 1 aliphatic carbocycles. The number of nitrogens with one attached hydrogen (secondary N) is 1. The number of aliphatic carboxylic acids is 1. The Morgan fingerprint density at radius 1 is 1.21 bits per heavy atom. The smallest absolute Gasteiger partial charge is 0.451 e. The van der Waals surface area contributed by atoms with Crippen LogP contribution >= 0.6 is 24.8 Å². The van der Waals surface area contributed by atoms with E-state index in [4.69, 9.17) is 15.8 Å². The molecule has 1 aliphatic rings. The first-order valence-electron chi connectivity index (χ1n) is 8.47. The molecule has 0 aliphatic heterocycles. The summed E-state index contributed by atoms with van der Waals surface area (Å²) in [6.45, 7) is 2.80. The number of carboxylic acids is 1. The molecule has 6 N–H and O–H groups in total. The molecule has 0 aromatic carbocycles. The normalized spacial score (nSPS) is 17.2. The van der Waals surface area contributed by atoms with Crippen LogP contribution in [0, 0.1) is 0 Å². The van der Waals surface area contributed by atoms with Crippen molar-refractivity contribution in [1.29, 1.82) is 0 Å². The lowest BCUT2D eigenvalue weighted by molar-refractivity contribution is -0.144. The molecule has 0 bridgehead atoms. The van der Waals surface area contributed by atoms with Gasteiger partial charge in [0.2, 0.25) is 0 Å². The van der Waals surface area contributed by atoms with E-state index in [1.165, 1.54) is 25.7 Å². The van der Waals surface area contributed by atoms with Crippen LogP contribution in [0.25, 0.3) is 0 Å². The molecule has 0 aromatic rings. The summed E-state index contributed by atoms with van der Waals surface area (Å²) in [6, 6.07) is 0. The predicted octanol–water partition coefficient (Wildman–Crippen LogP) is 1.96. The van der Waals surface area contributed by atoms with Crippen LogP contribution in [0.5, 0.6) is 0 Å². The van der Waals surface area contributed by atoms with Gasteiger partial charge in [-0.2, -0.15) is 0 Å². The summed E-state index contributed by atoms with van der Waals surface area (Å²) in [6.07, 6.45) is 8.05. The Kier molecular flexibility index (Phi) is 13.5. The fourth-order valence-corrected chi connectivity index (χ4v) is 2.84. The maximum absolute atomic E-state index is 11.4. The molecule has 1 saturated carbocycles. The number of hydrogen-bond donors (Lipinski definition) is 5. The Hall–Kier alpha value is -0.0451. The molecule has 0 heterocycles. The molecule has 1 fully saturated rings. The molecule has 144 valence electrons. The van der Waals surface area contributed by atoms with E-state index in [2.05, 4.69) is 12.2 Å². The summed E-state index contributed by atoms with van der Waals surface area (Å²) >= 11 is 0. The monoisotopic (exact) mass is 386 g/mol. The molecule has 0 radical (unpaired) electrons. The van der Waals surface area contributed by atoms with Gasteiger partial charge < -0.3 is 26.2 Å². The van der Waals surface area contributed by atoms with Crippen molar-refractivity contribution in [2.24, 2.45) is 5.73 Å².